The van der Waals surface area contributed by atoms with Crippen LogP contribution in [0.4, 0.5) is 0 Å². The van der Waals surface area contributed by atoms with Crippen LogP contribution in [0.25, 0.3) is 0 Å². The summed E-state index contributed by atoms with van der Waals surface area (Å²) in [7, 11) is 0. The summed E-state index contributed by atoms with van der Waals surface area (Å²) in [6.45, 7) is -0.193. The molecule has 2 atom stereocenters. The van der Waals surface area contributed by atoms with Gasteiger partial charge in [0.05, 0.1) is 15.6 Å². The van der Waals surface area contributed by atoms with Crippen LogP contribution in [0.15, 0.2) is 46.0 Å². The monoisotopic (exact) mass is 464 g/mol. The van der Waals surface area contributed by atoms with Crippen molar-refractivity contribution in [3.8, 4) is 0 Å². The minimum absolute atomic E-state index is 0.0193. The molecule has 0 fully saturated rings. The molecule has 0 heterocycles. The van der Waals surface area contributed by atoms with E-state index in [0.29, 0.717) is 16.2 Å². The maximum absolute atomic E-state index is 12.1. The Balaban J connectivity index is 1.82. The third-order valence-corrected chi connectivity index (χ3v) is 8.31. The molecule has 0 aliphatic heterocycles. The van der Waals surface area contributed by atoms with Gasteiger partial charge in [0.15, 0.2) is 4.33 Å². The standard InChI is InChI=1S/C15H7Cl7O2/c16-9-3-1-7(2-4-9)12(23)24-6-8-5-13(19)10(17)11(18)14(8,20)15(13,21)22/h1-5H,6H2. The lowest BCUT2D eigenvalue weighted by atomic mass is 10.0. The highest BCUT2D eigenvalue weighted by atomic mass is 35.5. The van der Waals surface area contributed by atoms with Gasteiger partial charge < -0.3 is 4.74 Å². The minimum atomic E-state index is -1.71. The number of rotatable bonds is 3. The van der Waals surface area contributed by atoms with Gasteiger partial charge in [-0.25, -0.2) is 4.79 Å². The maximum Gasteiger partial charge on any atom is 0.338 e. The number of ether oxygens (including phenoxy) is 1. The van der Waals surface area contributed by atoms with Crippen LogP contribution in [0.3, 0.4) is 0 Å². The van der Waals surface area contributed by atoms with E-state index in [1.165, 1.54) is 18.2 Å². The molecule has 2 aliphatic carbocycles. The summed E-state index contributed by atoms with van der Waals surface area (Å²) in [5.74, 6) is -0.569. The summed E-state index contributed by atoms with van der Waals surface area (Å²) in [4.78, 5) is 9.07. The van der Waals surface area contributed by atoms with Crippen LogP contribution >= 0.6 is 81.2 Å². The van der Waals surface area contributed by atoms with Crippen LogP contribution in [0.5, 0.6) is 0 Å². The largest absolute Gasteiger partial charge is 0.457 e. The molecule has 2 bridgehead atoms. The normalized spacial score (nSPS) is 30.5. The molecule has 0 amide bonds. The summed E-state index contributed by atoms with van der Waals surface area (Å²) in [6.07, 6.45) is 1.48. The van der Waals surface area contributed by atoms with Crippen LogP contribution in [0.1, 0.15) is 10.4 Å². The molecule has 2 nitrogen and oxygen atoms in total. The number of hydrogen-bond acceptors (Lipinski definition) is 2. The number of carbonyl (C=O) groups is 1. The molecule has 0 saturated carbocycles. The molecule has 0 N–H and O–H groups in total. The first-order valence-corrected chi connectivity index (χ1v) is 9.17. The molecule has 2 aliphatic rings. The van der Waals surface area contributed by atoms with E-state index in [1.54, 1.807) is 12.1 Å². The van der Waals surface area contributed by atoms with E-state index in [2.05, 4.69) is 0 Å². The van der Waals surface area contributed by atoms with E-state index in [4.69, 9.17) is 85.9 Å². The van der Waals surface area contributed by atoms with Gasteiger partial charge in [0.2, 0.25) is 0 Å². The number of esters is 1. The first kappa shape index (κ1) is 19.0. The molecule has 128 valence electrons. The van der Waals surface area contributed by atoms with Gasteiger partial charge >= 0.3 is 5.97 Å². The molecule has 0 aromatic heterocycles. The van der Waals surface area contributed by atoms with Crippen LogP contribution in [0.2, 0.25) is 5.02 Å². The van der Waals surface area contributed by atoms with Crippen LogP contribution in [-0.2, 0) is 4.74 Å². The van der Waals surface area contributed by atoms with Crippen LogP contribution < -0.4 is 0 Å². The van der Waals surface area contributed by atoms with Gasteiger partial charge in [0.1, 0.15) is 16.4 Å². The molecule has 9 heteroatoms. The third kappa shape index (κ3) is 2.42. The number of carbonyl (C=O) groups excluding carboxylic acids is 1. The molecule has 0 radical (unpaired) electrons. The second kappa shape index (κ2) is 6.13. The molecule has 1 aromatic rings. The number of fused-ring (bicyclic) bond motifs is 2. The van der Waals surface area contributed by atoms with Crippen molar-refractivity contribution in [3.05, 3.63) is 56.6 Å². The molecule has 0 spiro atoms. The Morgan fingerprint density at radius 1 is 0.958 bits per heavy atom. The molecule has 24 heavy (non-hydrogen) atoms. The lowest BCUT2D eigenvalue weighted by molar-refractivity contribution is 0.0536. The van der Waals surface area contributed by atoms with Crippen LogP contribution in [-0.4, -0.2) is 26.7 Å². The van der Waals surface area contributed by atoms with E-state index in [9.17, 15) is 4.79 Å². The van der Waals surface area contributed by atoms with Crippen molar-refractivity contribution >= 4 is 87.2 Å². The fraction of sp³-hybridized carbons (Fsp3) is 0.267. The maximum atomic E-state index is 12.1. The smallest absolute Gasteiger partial charge is 0.338 e. The Kier molecular flexibility index (Phi) is 4.84. The van der Waals surface area contributed by atoms with Gasteiger partial charge in [0.25, 0.3) is 0 Å². The molecule has 1 aromatic carbocycles. The Labute approximate surface area is 173 Å². The van der Waals surface area contributed by atoms with Crippen molar-refractivity contribution in [2.45, 2.75) is 14.1 Å². The molecular weight excluding hydrogens is 460 g/mol. The second-order valence-electron chi connectivity index (χ2n) is 5.33. The Bertz CT molecular complexity index is 784. The van der Waals surface area contributed by atoms with E-state index in [1.807, 2.05) is 0 Å². The zero-order valence-electron chi connectivity index (χ0n) is 11.6. The average molecular weight is 467 g/mol. The molecule has 3 rings (SSSR count). The number of benzene rings is 1. The van der Waals surface area contributed by atoms with E-state index < -0.39 is 20.1 Å². The minimum Gasteiger partial charge on any atom is -0.457 e. The van der Waals surface area contributed by atoms with Crippen molar-refractivity contribution in [1.82, 2.24) is 0 Å². The Morgan fingerprint density at radius 2 is 1.54 bits per heavy atom. The van der Waals surface area contributed by atoms with Gasteiger partial charge in [0, 0.05) is 5.02 Å². The highest BCUT2D eigenvalue weighted by Crippen LogP contribution is 2.71. The van der Waals surface area contributed by atoms with Crippen molar-refractivity contribution in [1.29, 1.82) is 0 Å². The number of halogens is 7. The zero-order valence-corrected chi connectivity index (χ0v) is 16.8. The van der Waals surface area contributed by atoms with Crippen molar-refractivity contribution in [3.63, 3.8) is 0 Å². The third-order valence-electron chi connectivity index (χ3n) is 3.96. The quantitative estimate of drug-likeness (QED) is 0.298. The van der Waals surface area contributed by atoms with E-state index in [0.717, 1.165) is 0 Å². The van der Waals surface area contributed by atoms with Gasteiger partial charge in [-0.05, 0) is 29.8 Å². The predicted molar refractivity (Wildman–Crippen MR) is 100 cm³/mol. The average Bonchev–Trinajstić information content (AvgIpc) is 2.75. The van der Waals surface area contributed by atoms with Crippen molar-refractivity contribution < 1.29 is 9.53 Å². The SMILES string of the molecule is O=C(OCC1=CC2(Cl)C(Cl)=C(Cl)C1(Cl)C2(Cl)Cl)c1ccc(Cl)cc1. The summed E-state index contributed by atoms with van der Waals surface area (Å²) in [5, 5.41) is 0.580. The Morgan fingerprint density at radius 3 is 2.04 bits per heavy atom. The van der Waals surface area contributed by atoms with Gasteiger partial charge in [-0.3, -0.25) is 0 Å². The van der Waals surface area contributed by atoms with Gasteiger partial charge in [-0.15, -0.1) is 23.2 Å². The Hall–Kier alpha value is 0.200. The van der Waals surface area contributed by atoms with E-state index >= 15 is 0 Å². The first-order valence-electron chi connectivity index (χ1n) is 6.52. The van der Waals surface area contributed by atoms with Crippen molar-refractivity contribution in [2.24, 2.45) is 0 Å². The lowest BCUT2D eigenvalue weighted by Crippen LogP contribution is -2.45. The number of hydrogen-bond donors (Lipinski definition) is 0. The predicted octanol–water partition coefficient (Wildman–Crippen LogP) is 6.27. The van der Waals surface area contributed by atoms with Crippen LogP contribution in [0, 0.1) is 0 Å². The summed E-state index contributed by atoms with van der Waals surface area (Å²) >= 11 is 43.7. The highest BCUT2D eigenvalue weighted by Gasteiger charge is 2.75. The molecule has 2 unspecified atom stereocenters. The first-order chi connectivity index (χ1) is 11.1. The summed E-state index contributed by atoms with van der Waals surface area (Å²) in [6, 6.07) is 6.23. The topological polar surface area (TPSA) is 26.3 Å². The van der Waals surface area contributed by atoms with Crippen molar-refractivity contribution in [2.75, 3.05) is 6.61 Å². The number of alkyl halides is 4. The van der Waals surface area contributed by atoms with Gasteiger partial charge in [-0.1, -0.05) is 64.1 Å². The fourth-order valence-electron chi connectivity index (χ4n) is 2.63. The van der Waals surface area contributed by atoms with Gasteiger partial charge in [-0.2, -0.15) is 0 Å². The molecule has 0 saturated heterocycles. The summed E-state index contributed by atoms with van der Waals surface area (Å²) in [5.41, 5.74) is 0.691. The lowest BCUT2D eigenvalue weighted by Gasteiger charge is -2.33. The fourth-order valence-corrected chi connectivity index (χ4v) is 5.29. The number of allylic oxidation sites excluding steroid dienone is 3. The highest BCUT2D eigenvalue weighted by molar-refractivity contribution is 6.66. The second-order valence-corrected chi connectivity index (χ2v) is 9.01. The summed E-state index contributed by atoms with van der Waals surface area (Å²) < 4.78 is 3.55. The van der Waals surface area contributed by atoms with E-state index in [-0.39, 0.29) is 16.7 Å². The molecular formula is C15H7Cl7O2. The zero-order chi connectivity index (χ0) is 17.9.